The van der Waals surface area contributed by atoms with Gasteiger partial charge in [-0.15, -0.1) is 0 Å². The molecule has 0 aliphatic rings. The molecular weight excluding hydrogens is 412 g/mol. The van der Waals surface area contributed by atoms with Crippen LogP contribution in [0.2, 0.25) is 0 Å². The van der Waals surface area contributed by atoms with E-state index >= 15 is 0 Å². The van der Waals surface area contributed by atoms with Gasteiger partial charge in [-0.05, 0) is 51.7 Å². The molecule has 2 aromatic carbocycles. The minimum absolute atomic E-state index is 0.0333. The molecule has 1 aromatic heterocycles. The fourth-order valence-electron chi connectivity index (χ4n) is 3.55. The van der Waals surface area contributed by atoms with Gasteiger partial charge in [0.15, 0.2) is 5.76 Å². The minimum atomic E-state index is -0.913. The van der Waals surface area contributed by atoms with Gasteiger partial charge < -0.3 is 29.9 Å². The van der Waals surface area contributed by atoms with Crippen LogP contribution >= 0.6 is 0 Å². The van der Waals surface area contributed by atoms with Crippen molar-refractivity contribution in [2.75, 3.05) is 0 Å². The lowest BCUT2D eigenvalue weighted by molar-refractivity contribution is 0.428. The molecule has 0 spiro atoms. The van der Waals surface area contributed by atoms with Crippen molar-refractivity contribution in [3.8, 4) is 40.1 Å². The summed E-state index contributed by atoms with van der Waals surface area (Å²) in [7, 11) is 0. The summed E-state index contributed by atoms with van der Waals surface area (Å²) < 4.78 is 5.82. The molecule has 0 saturated carbocycles. The van der Waals surface area contributed by atoms with Gasteiger partial charge >= 0.3 is 0 Å². The number of hydrogen-bond donors (Lipinski definition) is 5. The first kappa shape index (κ1) is 22.8. The predicted molar refractivity (Wildman–Crippen MR) is 122 cm³/mol. The van der Waals surface area contributed by atoms with Crippen LogP contribution < -0.4 is 5.43 Å². The van der Waals surface area contributed by atoms with Crippen LogP contribution in [-0.4, -0.2) is 25.5 Å². The van der Waals surface area contributed by atoms with Gasteiger partial charge in [0, 0.05) is 17.7 Å². The van der Waals surface area contributed by atoms with Gasteiger partial charge in [-0.3, -0.25) is 4.79 Å². The molecule has 0 bridgehead atoms. The van der Waals surface area contributed by atoms with E-state index in [4.69, 9.17) is 4.42 Å². The third-order valence-electron chi connectivity index (χ3n) is 5.39. The quantitative estimate of drug-likeness (QED) is 0.339. The zero-order valence-electron chi connectivity index (χ0n) is 18.1. The molecule has 1 heterocycles. The summed E-state index contributed by atoms with van der Waals surface area (Å²) in [5, 5.41) is 50.8. The second kappa shape index (κ2) is 8.70. The molecule has 0 fully saturated rings. The number of benzene rings is 2. The van der Waals surface area contributed by atoms with Crippen LogP contribution in [0.3, 0.4) is 0 Å². The molecule has 0 unspecified atom stereocenters. The SMILES string of the molecule is C=C(C)[C@H](CC=C(C)C)Cc1c(O)cc(O)c2c(=O)c(O)c(-c3ccc(O)cc3O)oc12. The zero-order valence-corrected chi connectivity index (χ0v) is 18.1. The fraction of sp³-hybridized carbons (Fsp3) is 0.240. The average molecular weight is 438 g/mol. The highest BCUT2D eigenvalue weighted by Crippen LogP contribution is 2.42. The molecule has 32 heavy (non-hydrogen) atoms. The lowest BCUT2D eigenvalue weighted by Gasteiger charge is -2.18. The third-order valence-corrected chi connectivity index (χ3v) is 5.39. The molecule has 0 radical (unpaired) electrons. The molecule has 7 heteroatoms. The van der Waals surface area contributed by atoms with Crippen molar-refractivity contribution in [2.45, 2.75) is 33.6 Å². The standard InChI is InChI=1S/C25H26O7/c1-12(2)5-6-14(13(3)4)9-17-19(28)11-20(29)21-22(30)23(31)25(32-24(17)21)16-8-7-15(26)10-18(16)27/h5,7-8,10-11,14,26-29,31H,3,6,9H2,1-2,4H3/t14-/m1/s1. The lowest BCUT2D eigenvalue weighted by atomic mass is 9.88. The Morgan fingerprint density at radius 3 is 2.31 bits per heavy atom. The zero-order chi connectivity index (χ0) is 23.7. The smallest absolute Gasteiger partial charge is 0.238 e. The van der Waals surface area contributed by atoms with Crippen molar-refractivity contribution in [1.82, 2.24) is 0 Å². The van der Waals surface area contributed by atoms with Crippen LogP contribution in [0.25, 0.3) is 22.3 Å². The Bertz CT molecular complexity index is 1290. The molecule has 3 rings (SSSR count). The maximum atomic E-state index is 12.9. The van der Waals surface area contributed by atoms with E-state index in [-0.39, 0.29) is 51.7 Å². The van der Waals surface area contributed by atoms with Crippen LogP contribution in [-0.2, 0) is 6.42 Å². The first-order valence-electron chi connectivity index (χ1n) is 10.1. The topological polar surface area (TPSA) is 131 Å². The first-order valence-corrected chi connectivity index (χ1v) is 10.1. The van der Waals surface area contributed by atoms with E-state index in [0.717, 1.165) is 23.3 Å². The fourth-order valence-corrected chi connectivity index (χ4v) is 3.55. The third kappa shape index (κ3) is 4.27. The molecule has 0 aliphatic carbocycles. The number of phenols is 4. The largest absolute Gasteiger partial charge is 0.508 e. The highest BCUT2D eigenvalue weighted by Gasteiger charge is 2.25. The van der Waals surface area contributed by atoms with Gasteiger partial charge in [0.25, 0.3) is 0 Å². The maximum Gasteiger partial charge on any atom is 0.238 e. The van der Waals surface area contributed by atoms with E-state index in [2.05, 4.69) is 6.58 Å². The Hall–Kier alpha value is -3.87. The van der Waals surface area contributed by atoms with E-state index in [1.807, 2.05) is 26.8 Å². The Balaban J connectivity index is 2.30. The van der Waals surface area contributed by atoms with Crippen LogP contribution in [0.4, 0.5) is 0 Å². The van der Waals surface area contributed by atoms with Crippen molar-refractivity contribution in [3.63, 3.8) is 0 Å². The first-order chi connectivity index (χ1) is 15.0. The Morgan fingerprint density at radius 2 is 1.72 bits per heavy atom. The van der Waals surface area contributed by atoms with Crippen LogP contribution in [0, 0.1) is 5.92 Å². The predicted octanol–water partition coefficient (Wildman–Crippen LogP) is 5.08. The number of fused-ring (bicyclic) bond motifs is 1. The highest BCUT2D eigenvalue weighted by atomic mass is 16.4. The summed E-state index contributed by atoms with van der Waals surface area (Å²) in [6.07, 6.45) is 2.95. The van der Waals surface area contributed by atoms with Gasteiger partial charge in [0.2, 0.25) is 11.2 Å². The van der Waals surface area contributed by atoms with Crippen LogP contribution in [0.1, 0.15) is 32.8 Å². The molecule has 5 N–H and O–H groups in total. The molecule has 168 valence electrons. The number of rotatable bonds is 6. The van der Waals surface area contributed by atoms with Crippen molar-refractivity contribution in [1.29, 1.82) is 0 Å². The molecule has 7 nitrogen and oxygen atoms in total. The molecule has 1 atom stereocenters. The number of phenolic OH excluding ortho intramolecular Hbond substituents is 4. The molecule has 0 amide bonds. The van der Waals surface area contributed by atoms with Crippen LogP contribution in [0.5, 0.6) is 28.7 Å². The van der Waals surface area contributed by atoms with Gasteiger partial charge in [-0.25, -0.2) is 0 Å². The second-order valence-electron chi connectivity index (χ2n) is 8.17. The second-order valence-corrected chi connectivity index (χ2v) is 8.17. The van der Waals surface area contributed by atoms with Crippen LogP contribution in [0.15, 0.2) is 57.3 Å². The van der Waals surface area contributed by atoms with E-state index in [1.165, 1.54) is 12.1 Å². The Morgan fingerprint density at radius 1 is 1.03 bits per heavy atom. The molecular formula is C25H26O7. The van der Waals surface area contributed by atoms with E-state index < -0.39 is 22.7 Å². The normalized spacial score (nSPS) is 12.0. The Labute approximate surface area is 184 Å². The highest BCUT2D eigenvalue weighted by molar-refractivity contribution is 5.91. The van der Waals surface area contributed by atoms with Crippen molar-refractivity contribution in [2.24, 2.45) is 5.92 Å². The summed E-state index contributed by atoms with van der Waals surface area (Å²) in [6, 6.07) is 4.62. The summed E-state index contributed by atoms with van der Waals surface area (Å²) >= 11 is 0. The van der Waals surface area contributed by atoms with Gasteiger partial charge in [0.05, 0.1) is 5.56 Å². The summed E-state index contributed by atoms with van der Waals surface area (Å²) in [5.41, 5.74) is 1.21. The number of hydrogen-bond acceptors (Lipinski definition) is 7. The van der Waals surface area contributed by atoms with E-state index in [0.29, 0.717) is 6.42 Å². The van der Waals surface area contributed by atoms with Crippen molar-refractivity contribution in [3.05, 3.63) is 63.9 Å². The average Bonchev–Trinajstić information content (AvgIpc) is 2.69. The van der Waals surface area contributed by atoms with Gasteiger partial charge in [0.1, 0.15) is 34.0 Å². The van der Waals surface area contributed by atoms with Gasteiger partial charge in [-0.2, -0.15) is 0 Å². The Kier molecular flexibility index (Phi) is 6.20. The molecule has 0 aliphatic heterocycles. The lowest BCUT2D eigenvalue weighted by Crippen LogP contribution is -2.09. The summed E-state index contributed by atoms with van der Waals surface area (Å²) in [5.74, 6) is -2.69. The van der Waals surface area contributed by atoms with Crippen molar-refractivity contribution < 1.29 is 29.9 Å². The molecule has 0 saturated heterocycles. The minimum Gasteiger partial charge on any atom is -0.508 e. The summed E-state index contributed by atoms with van der Waals surface area (Å²) in [6.45, 7) is 9.84. The molecule has 3 aromatic rings. The number of aromatic hydroxyl groups is 5. The van der Waals surface area contributed by atoms with Crippen molar-refractivity contribution >= 4 is 11.0 Å². The van der Waals surface area contributed by atoms with E-state index in [1.54, 1.807) is 0 Å². The summed E-state index contributed by atoms with van der Waals surface area (Å²) in [4.78, 5) is 12.9. The maximum absolute atomic E-state index is 12.9. The monoisotopic (exact) mass is 438 g/mol. The number of allylic oxidation sites excluding steroid dienone is 3. The van der Waals surface area contributed by atoms with E-state index in [9.17, 15) is 30.3 Å². The van der Waals surface area contributed by atoms with Gasteiger partial charge in [-0.1, -0.05) is 23.8 Å².